The molecule has 1 atom stereocenters. The van der Waals surface area contributed by atoms with Gasteiger partial charge in [0.25, 0.3) is 5.56 Å². The van der Waals surface area contributed by atoms with Crippen molar-refractivity contribution in [3.05, 3.63) is 75.7 Å². The minimum Gasteiger partial charge on any atom is -0.391 e. The maximum absolute atomic E-state index is 12.3. The Hall–Kier alpha value is -2.70. The molecule has 2 aromatic carbocycles. The summed E-state index contributed by atoms with van der Waals surface area (Å²) in [7, 11) is 0. The van der Waals surface area contributed by atoms with Gasteiger partial charge in [-0.1, -0.05) is 36.4 Å². The molecule has 0 spiro atoms. The molecule has 1 N–H and O–H groups in total. The molecule has 26 heavy (non-hydrogen) atoms. The van der Waals surface area contributed by atoms with E-state index in [9.17, 15) is 9.90 Å². The number of nitrogens with zero attached hydrogens (tertiary/aromatic N) is 3. The van der Waals surface area contributed by atoms with Crippen molar-refractivity contribution in [2.24, 2.45) is 0 Å². The van der Waals surface area contributed by atoms with Gasteiger partial charge in [-0.2, -0.15) is 0 Å². The highest BCUT2D eigenvalue weighted by atomic mass is 32.1. The van der Waals surface area contributed by atoms with Crippen LogP contribution in [0, 0.1) is 0 Å². The predicted molar refractivity (Wildman–Crippen MR) is 104 cm³/mol. The lowest BCUT2D eigenvalue weighted by molar-refractivity contribution is 0.175. The molecule has 5 nitrogen and oxygen atoms in total. The Morgan fingerprint density at radius 1 is 1.23 bits per heavy atom. The monoisotopic (exact) mass is 363 g/mol. The molecule has 0 radical (unpaired) electrons. The minimum absolute atomic E-state index is 0.0676. The molecule has 0 aliphatic carbocycles. The average Bonchev–Trinajstić information content (AvgIpc) is 3.10. The number of anilines is 1. The summed E-state index contributed by atoms with van der Waals surface area (Å²) in [5.41, 5.74) is 2.94. The Kier molecular flexibility index (Phi) is 3.55. The van der Waals surface area contributed by atoms with Gasteiger partial charge in [0.15, 0.2) is 4.96 Å². The lowest BCUT2D eigenvalue weighted by atomic mass is 9.95. The van der Waals surface area contributed by atoms with Crippen molar-refractivity contribution in [1.29, 1.82) is 0 Å². The quantitative estimate of drug-likeness (QED) is 0.595. The number of fused-ring (bicyclic) bond motifs is 4. The molecule has 2 aromatic heterocycles. The van der Waals surface area contributed by atoms with Gasteiger partial charge in [-0.05, 0) is 10.9 Å². The molecule has 3 heterocycles. The van der Waals surface area contributed by atoms with Crippen molar-refractivity contribution < 1.29 is 5.11 Å². The maximum Gasteiger partial charge on any atom is 0.258 e. The molecule has 1 aliphatic rings. The Bertz CT molecular complexity index is 1180. The third-order valence-corrected chi connectivity index (χ3v) is 5.65. The second-order valence-electron chi connectivity index (χ2n) is 6.67. The number of benzene rings is 2. The maximum atomic E-state index is 12.3. The molecule has 130 valence electrons. The molecular weight excluding hydrogens is 346 g/mol. The van der Waals surface area contributed by atoms with Crippen molar-refractivity contribution in [3.63, 3.8) is 0 Å². The minimum atomic E-state index is -0.421. The van der Waals surface area contributed by atoms with Crippen LogP contribution in [0.4, 0.5) is 5.69 Å². The molecule has 0 saturated carbocycles. The zero-order chi connectivity index (χ0) is 17.7. The summed E-state index contributed by atoms with van der Waals surface area (Å²) in [6.45, 7) is 1.04. The van der Waals surface area contributed by atoms with E-state index in [4.69, 9.17) is 0 Å². The van der Waals surface area contributed by atoms with Crippen LogP contribution < -0.4 is 10.5 Å². The van der Waals surface area contributed by atoms with E-state index in [-0.39, 0.29) is 5.56 Å². The van der Waals surface area contributed by atoms with E-state index >= 15 is 0 Å². The number of β-amino-alcohol motifs (C(OH)–C–C–N with tert-alkyl or cyclic N) is 1. The van der Waals surface area contributed by atoms with E-state index in [0.29, 0.717) is 24.5 Å². The van der Waals surface area contributed by atoms with Gasteiger partial charge in [0.1, 0.15) is 0 Å². The van der Waals surface area contributed by atoms with Gasteiger partial charge in [0.2, 0.25) is 0 Å². The summed E-state index contributed by atoms with van der Waals surface area (Å²) in [4.78, 5) is 19.8. The first-order chi connectivity index (χ1) is 12.7. The molecule has 0 saturated heterocycles. The summed E-state index contributed by atoms with van der Waals surface area (Å²) in [6, 6.07) is 14.1. The van der Waals surface area contributed by atoms with E-state index in [1.807, 2.05) is 17.5 Å². The van der Waals surface area contributed by atoms with Gasteiger partial charge in [-0.15, -0.1) is 11.3 Å². The number of rotatable bonds is 2. The first kappa shape index (κ1) is 15.5. The largest absolute Gasteiger partial charge is 0.391 e. The Balaban J connectivity index is 1.63. The van der Waals surface area contributed by atoms with Gasteiger partial charge < -0.3 is 10.0 Å². The highest BCUT2D eigenvalue weighted by Crippen LogP contribution is 2.35. The molecule has 4 aromatic rings. The van der Waals surface area contributed by atoms with Gasteiger partial charge in [0.05, 0.1) is 18.3 Å². The first-order valence-electron chi connectivity index (χ1n) is 8.58. The third-order valence-electron chi connectivity index (χ3n) is 4.90. The molecule has 0 bridgehead atoms. The Morgan fingerprint density at radius 2 is 2.12 bits per heavy atom. The third kappa shape index (κ3) is 2.50. The van der Waals surface area contributed by atoms with Crippen molar-refractivity contribution in [2.45, 2.75) is 19.1 Å². The van der Waals surface area contributed by atoms with E-state index in [2.05, 4.69) is 34.1 Å². The van der Waals surface area contributed by atoms with Crippen LogP contribution >= 0.6 is 11.3 Å². The number of hydrogen-bond acceptors (Lipinski definition) is 5. The fraction of sp³-hybridized carbons (Fsp3) is 0.200. The molecule has 5 rings (SSSR count). The standard InChI is InChI=1S/C20H17N3O2S/c24-16-9-14-6-5-13-3-1-2-4-17(13)19(14)22(12-16)11-15-10-18(25)23-7-8-26-20(23)21-15/h1-8,10,16,24H,9,11-12H2/t16-/m1/s1. The number of hydrogen-bond donors (Lipinski definition) is 1. The van der Waals surface area contributed by atoms with Gasteiger partial charge in [-0.3, -0.25) is 9.20 Å². The average molecular weight is 363 g/mol. The molecular formula is C20H17N3O2S. The van der Waals surface area contributed by atoms with Crippen LogP contribution in [0.5, 0.6) is 0 Å². The molecule has 0 fully saturated rings. The Morgan fingerprint density at radius 3 is 3.04 bits per heavy atom. The van der Waals surface area contributed by atoms with Crippen molar-refractivity contribution in [2.75, 3.05) is 11.4 Å². The van der Waals surface area contributed by atoms with Gasteiger partial charge >= 0.3 is 0 Å². The summed E-state index contributed by atoms with van der Waals surface area (Å²) >= 11 is 1.45. The fourth-order valence-electron chi connectivity index (χ4n) is 3.81. The second kappa shape index (κ2) is 5.93. The van der Waals surface area contributed by atoms with E-state index in [1.54, 1.807) is 16.7 Å². The highest BCUT2D eigenvalue weighted by molar-refractivity contribution is 7.15. The zero-order valence-electron chi connectivity index (χ0n) is 14.0. The lowest BCUT2D eigenvalue weighted by Gasteiger charge is -2.35. The zero-order valence-corrected chi connectivity index (χ0v) is 14.8. The van der Waals surface area contributed by atoms with Crippen LogP contribution in [0.3, 0.4) is 0 Å². The summed E-state index contributed by atoms with van der Waals surface area (Å²) in [5, 5.41) is 14.6. The van der Waals surface area contributed by atoms with Gasteiger partial charge in [0, 0.05) is 41.7 Å². The lowest BCUT2D eigenvalue weighted by Crippen LogP contribution is -2.38. The summed E-state index contributed by atoms with van der Waals surface area (Å²) in [5.74, 6) is 0. The molecule has 6 heteroatoms. The molecule has 0 unspecified atom stereocenters. The normalized spacial score (nSPS) is 17.0. The summed E-state index contributed by atoms with van der Waals surface area (Å²) < 4.78 is 1.56. The number of aliphatic hydroxyl groups is 1. The van der Waals surface area contributed by atoms with Crippen molar-refractivity contribution >= 4 is 32.8 Å². The van der Waals surface area contributed by atoms with E-state index in [1.165, 1.54) is 22.1 Å². The number of aromatic nitrogens is 2. The van der Waals surface area contributed by atoms with Crippen LogP contribution in [0.15, 0.2) is 58.8 Å². The van der Waals surface area contributed by atoms with E-state index < -0.39 is 6.10 Å². The van der Waals surface area contributed by atoms with Crippen LogP contribution in [0.25, 0.3) is 15.7 Å². The fourth-order valence-corrected chi connectivity index (χ4v) is 4.55. The molecule has 0 amide bonds. The second-order valence-corrected chi connectivity index (χ2v) is 7.55. The van der Waals surface area contributed by atoms with Gasteiger partial charge in [-0.25, -0.2) is 4.98 Å². The number of thiazole rings is 1. The number of aliphatic hydroxyl groups excluding tert-OH is 1. The Labute approximate surface area is 153 Å². The van der Waals surface area contributed by atoms with Crippen molar-refractivity contribution in [3.8, 4) is 0 Å². The highest BCUT2D eigenvalue weighted by Gasteiger charge is 2.25. The van der Waals surface area contributed by atoms with Crippen LogP contribution in [0.1, 0.15) is 11.3 Å². The SMILES string of the molecule is O=c1cc(CN2C[C@H](O)Cc3ccc4ccccc4c32)nc2sccn12. The first-order valence-corrected chi connectivity index (χ1v) is 9.46. The smallest absolute Gasteiger partial charge is 0.258 e. The summed E-state index contributed by atoms with van der Waals surface area (Å²) in [6.07, 6.45) is 1.97. The van der Waals surface area contributed by atoms with Crippen molar-refractivity contribution in [1.82, 2.24) is 9.38 Å². The van der Waals surface area contributed by atoms with E-state index in [0.717, 1.165) is 16.9 Å². The predicted octanol–water partition coefficient (Wildman–Crippen LogP) is 2.83. The van der Waals surface area contributed by atoms with Crippen LogP contribution in [0.2, 0.25) is 0 Å². The van der Waals surface area contributed by atoms with Crippen LogP contribution in [-0.2, 0) is 13.0 Å². The molecule has 1 aliphatic heterocycles. The topological polar surface area (TPSA) is 57.8 Å². The van der Waals surface area contributed by atoms with Crippen LogP contribution in [-0.4, -0.2) is 27.1 Å².